The van der Waals surface area contributed by atoms with Gasteiger partial charge in [-0.3, -0.25) is 15.2 Å². The fourth-order valence-corrected chi connectivity index (χ4v) is 4.74. The van der Waals surface area contributed by atoms with E-state index in [1.54, 1.807) is 6.20 Å². The first-order valence-electron chi connectivity index (χ1n) is 10.8. The van der Waals surface area contributed by atoms with Gasteiger partial charge < -0.3 is 10.1 Å². The highest BCUT2D eigenvalue weighted by Gasteiger charge is 2.33. The number of ether oxygens (including phenoxy) is 1. The molecule has 1 aromatic heterocycles. The van der Waals surface area contributed by atoms with Crippen molar-refractivity contribution in [1.82, 2.24) is 20.7 Å². The number of rotatable bonds is 3. The smallest absolute Gasteiger partial charge is 0.238 e. The van der Waals surface area contributed by atoms with Crippen molar-refractivity contribution in [2.75, 3.05) is 6.54 Å². The van der Waals surface area contributed by atoms with Gasteiger partial charge >= 0.3 is 0 Å². The molecule has 1 fully saturated rings. The maximum Gasteiger partial charge on any atom is 0.238 e. The van der Waals surface area contributed by atoms with Gasteiger partial charge in [-0.05, 0) is 48.8 Å². The molecule has 2 N–H and O–H groups in total. The average Bonchev–Trinajstić information content (AvgIpc) is 2.83. The molecule has 3 heterocycles. The average molecular weight is 445 g/mol. The summed E-state index contributed by atoms with van der Waals surface area (Å²) in [5.41, 5.74) is 6.06. The number of benzene rings is 2. The van der Waals surface area contributed by atoms with Crippen LogP contribution in [0.5, 0.6) is 11.5 Å². The molecule has 1 amide bonds. The molecule has 7 heteroatoms. The van der Waals surface area contributed by atoms with Crippen LogP contribution >= 0.6 is 12.2 Å². The monoisotopic (exact) mass is 444 g/mol. The third kappa shape index (κ3) is 4.09. The van der Waals surface area contributed by atoms with Gasteiger partial charge in [-0.25, -0.2) is 5.01 Å². The molecule has 32 heavy (non-hydrogen) atoms. The summed E-state index contributed by atoms with van der Waals surface area (Å²) in [4.78, 5) is 17.7. The Bertz CT molecular complexity index is 1090. The highest BCUT2D eigenvalue weighted by Crippen LogP contribution is 2.43. The van der Waals surface area contributed by atoms with Gasteiger partial charge in [0.05, 0.1) is 12.0 Å². The Morgan fingerprint density at radius 1 is 1.00 bits per heavy atom. The lowest BCUT2D eigenvalue weighted by atomic mass is 9.87. The number of fused-ring (bicyclic) bond motifs is 2. The van der Waals surface area contributed by atoms with E-state index >= 15 is 0 Å². The minimum atomic E-state index is -0.494. The molecule has 0 saturated carbocycles. The Kier molecular flexibility index (Phi) is 5.83. The number of nitrogens with one attached hydrogen (secondary N) is 2. The zero-order chi connectivity index (χ0) is 21.9. The van der Waals surface area contributed by atoms with Crippen molar-refractivity contribution in [3.63, 3.8) is 0 Å². The SMILES string of the molecule is O=C(NC(=S)NN1CCCC[C@H]1c1cccnc1)C1c2ccccc2Oc2ccccc21. The molecule has 2 aromatic carbocycles. The second-order valence-corrected chi connectivity index (χ2v) is 8.44. The number of hydrogen-bond donors (Lipinski definition) is 2. The molecule has 6 nitrogen and oxygen atoms in total. The minimum Gasteiger partial charge on any atom is -0.457 e. The molecule has 3 aromatic rings. The molecule has 0 spiro atoms. The van der Waals surface area contributed by atoms with E-state index in [9.17, 15) is 4.79 Å². The van der Waals surface area contributed by atoms with Crippen LogP contribution in [0.3, 0.4) is 0 Å². The van der Waals surface area contributed by atoms with E-state index < -0.39 is 5.92 Å². The number of hydrogen-bond acceptors (Lipinski definition) is 5. The molecule has 0 unspecified atom stereocenters. The van der Waals surface area contributed by atoms with Crippen LogP contribution in [0.2, 0.25) is 0 Å². The largest absolute Gasteiger partial charge is 0.457 e. The fourth-order valence-electron chi connectivity index (χ4n) is 4.52. The minimum absolute atomic E-state index is 0.164. The van der Waals surface area contributed by atoms with Crippen LogP contribution in [0, 0.1) is 0 Å². The fraction of sp³-hybridized carbons (Fsp3) is 0.240. The van der Waals surface area contributed by atoms with Gasteiger partial charge in [0.15, 0.2) is 5.11 Å². The first-order valence-corrected chi connectivity index (χ1v) is 11.3. The number of para-hydroxylation sites is 2. The van der Waals surface area contributed by atoms with Crippen molar-refractivity contribution < 1.29 is 9.53 Å². The van der Waals surface area contributed by atoms with Crippen molar-refractivity contribution >= 4 is 23.2 Å². The van der Waals surface area contributed by atoms with Crippen LogP contribution in [0.15, 0.2) is 73.1 Å². The Morgan fingerprint density at radius 3 is 2.41 bits per heavy atom. The predicted octanol–water partition coefficient (Wildman–Crippen LogP) is 4.45. The molecule has 5 rings (SSSR count). The molecular weight excluding hydrogens is 420 g/mol. The number of hydrazine groups is 1. The lowest BCUT2D eigenvalue weighted by Crippen LogP contribution is -2.52. The van der Waals surface area contributed by atoms with Gasteiger partial charge in [0, 0.05) is 30.1 Å². The van der Waals surface area contributed by atoms with E-state index in [4.69, 9.17) is 17.0 Å². The van der Waals surface area contributed by atoms with Crippen LogP contribution in [0.1, 0.15) is 47.9 Å². The predicted molar refractivity (Wildman–Crippen MR) is 126 cm³/mol. The van der Waals surface area contributed by atoms with Gasteiger partial charge in [-0.2, -0.15) is 0 Å². The van der Waals surface area contributed by atoms with Gasteiger partial charge in [-0.15, -0.1) is 0 Å². The lowest BCUT2D eigenvalue weighted by molar-refractivity contribution is -0.120. The zero-order valence-electron chi connectivity index (χ0n) is 17.5. The standard InChI is InChI=1S/C25H24N4O2S/c30-24(23-18-9-1-3-12-21(18)31-22-13-4-2-10-19(22)23)27-25(32)28-29-15-6-5-11-20(29)17-8-7-14-26-16-17/h1-4,7-10,12-14,16,20,23H,5-6,11,15H2,(H2,27,28,30,32)/t20-/m0/s1. The number of carbonyl (C=O) groups excluding carboxylic acids is 1. The van der Waals surface area contributed by atoms with Crippen LogP contribution in [0.25, 0.3) is 0 Å². The summed E-state index contributed by atoms with van der Waals surface area (Å²) in [6.07, 6.45) is 6.89. The van der Waals surface area contributed by atoms with Crippen molar-refractivity contribution in [3.8, 4) is 11.5 Å². The van der Waals surface area contributed by atoms with Crippen LogP contribution in [-0.2, 0) is 4.79 Å². The van der Waals surface area contributed by atoms with Gasteiger partial charge in [-0.1, -0.05) is 48.9 Å². The number of pyridine rings is 1. The Labute approximate surface area is 192 Å². The van der Waals surface area contributed by atoms with Crippen molar-refractivity contribution in [2.24, 2.45) is 0 Å². The Hall–Kier alpha value is -3.29. The van der Waals surface area contributed by atoms with E-state index in [1.807, 2.05) is 60.8 Å². The summed E-state index contributed by atoms with van der Waals surface area (Å²) < 4.78 is 6.00. The molecule has 0 bridgehead atoms. The lowest BCUT2D eigenvalue weighted by Gasteiger charge is -2.36. The van der Waals surface area contributed by atoms with Crippen LogP contribution in [0.4, 0.5) is 0 Å². The molecule has 2 aliphatic heterocycles. The second kappa shape index (κ2) is 9.06. The Morgan fingerprint density at radius 2 is 1.72 bits per heavy atom. The first kappa shape index (κ1) is 20.6. The van der Waals surface area contributed by atoms with Crippen molar-refractivity contribution in [3.05, 3.63) is 89.7 Å². The van der Waals surface area contributed by atoms with E-state index in [-0.39, 0.29) is 11.9 Å². The summed E-state index contributed by atoms with van der Waals surface area (Å²) in [6.45, 7) is 0.846. The number of nitrogens with zero attached hydrogens (tertiary/aromatic N) is 2. The van der Waals surface area contributed by atoms with Crippen molar-refractivity contribution in [2.45, 2.75) is 31.2 Å². The summed E-state index contributed by atoms with van der Waals surface area (Å²) in [7, 11) is 0. The topological polar surface area (TPSA) is 66.5 Å². The number of amides is 1. The summed E-state index contributed by atoms with van der Waals surface area (Å²) in [5, 5.41) is 5.32. The summed E-state index contributed by atoms with van der Waals surface area (Å²) in [5.74, 6) is 0.711. The van der Waals surface area contributed by atoms with Crippen LogP contribution in [-0.4, -0.2) is 27.6 Å². The van der Waals surface area contributed by atoms with Crippen LogP contribution < -0.4 is 15.5 Å². The molecule has 162 valence electrons. The van der Waals surface area contributed by atoms with Gasteiger partial charge in [0.1, 0.15) is 11.5 Å². The van der Waals surface area contributed by atoms with E-state index in [2.05, 4.69) is 26.8 Å². The third-order valence-corrected chi connectivity index (χ3v) is 6.19. The second-order valence-electron chi connectivity index (χ2n) is 8.03. The summed E-state index contributed by atoms with van der Waals surface area (Å²) >= 11 is 5.55. The Balaban J connectivity index is 1.34. The zero-order valence-corrected chi connectivity index (χ0v) is 18.3. The number of piperidine rings is 1. The van der Waals surface area contributed by atoms with Crippen molar-refractivity contribution in [1.29, 1.82) is 0 Å². The molecule has 0 radical (unpaired) electrons. The van der Waals surface area contributed by atoms with E-state index in [0.29, 0.717) is 16.6 Å². The molecular formula is C25H24N4O2S. The third-order valence-electron chi connectivity index (χ3n) is 6.00. The number of thiocarbonyl (C=S) groups is 1. The number of carbonyl (C=O) groups is 1. The van der Waals surface area contributed by atoms with E-state index in [1.165, 1.54) is 0 Å². The normalized spacial score (nSPS) is 18.1. The maximum absolute atomic E-state index is 13.4. The highest BCUT2D eigenvalue weighted by molar-refractivity contribution is 7.80. The number of aromatic nitrogens is 1. The molecule has 2 aliphatic rings. The first-order chi connectivity index (χ1) is 15.7. The highest BCUT2D eigenvalue weighted by atomic mass is 32.1. The quantitative estimate of drug-likeness (QED) is 0.582. The van der Waals surface area contributed by atoms with Gasteiger partial charge in [0.25, 0.3) is 0 Å². The molecule has 1 atom stereocenters. The summed E-state index contributed by atoms with van der Waals surface area (Å²) in [6, 6.07) is 19.4. The molecule has 0 aliphatic carbocycles. The van der Waals surface area contributed by atoms with E-state index in [0.717, 1.165) is 42.5 Å². The maximum atomic E-state index is 13.4. The molecule has 1 saturated heterocycles. The van der Waals surface area contributed by atoms with Gasteiger partial charge in [0.2, 0.25) is 5.91 Å².